The quantitative estimate of drug-likeness (QED) is 0.261. The van der Waals surface area contributed by atoms with Crippen molar-refractivity contribution in [3.8, 4) is 11.5 Å². The van der Waals surface area contributed by atoms with E-state index >= 15 is 0 Å². The third-order valence-electron chi connectivity index (χ3n) is 5.66. The van der Waals surface area contributed by atoms with E-state index in [9.17, 15) is 23.3 Å². The first kappa shape index (κ1) is 26.6. The third-order valence-corrected chi connectivity index (χ3v) is 8.34. The summed E-state index contributed by atoms with van der Waals surface area (Å²) in [6.07, 6.45) is 0. The Labute approximate surface area is 219 Å². The molecule has 0 fully saturated rings. The Balaban J connectivity index is 1.59. The lowest BCUT2D eigenvalue weighted by atomic mass is 10.2. The van der Waals surface area contributed by atoms with E-state index < -0.39 is 14.9 Å². The maximum absolute atomic E-state index is 13.6. The molecule has 2 heterocycles. The van der Waals surface area contributed by atoms with Gasteiger partial charge in [-0.1, -0.05) is 26.0 Å². The van der Waals surface area contributed by atoms with Gasteiger partial charge in [0, 0.05) is 30.1 Å². The van der Waals surface area contributed by atoms with Crippen LogP contribution in [0.15, 0.2) is 64.9 Å². The molecule has 0 N–H and O–H groups in total. The number of nitrogens with zero attached hydrogens (tertiary/aromatic N) is 3. The van der Waals surface area contributed by atoms with Crippen LogP contribution in [0.2, 0.25) is 0 Å². The normalized spacial score (nSPS) is 12.8. The number of thiophene rings is 1. The SMILES string of the molecule is CC(C)CN(CC(=O)N(Cc1ccc2c(c1)OCO2)Cc1cccs1)S(=O)(=O)c1ccc([N+](=O)[O-])cc1. The molecule has 0 spiro atoms. The van der Waals surface area contributed by atoms with Crippen LogP contribution in [-0.4, -0.2) is 48.3 Å². The minimum atomic E-state index is -4.08. The molecular formula is C25H27N3O7S2. The fraction of sp³-hybridized carbons (Fsp3) is 0.320. The number of rotatable bonds is 11. The van der Waals surface area contributed by atoms with Crippen LogP contribution in [0.1, 0.15) is 24.3 Å². The average molecular weight is 546 g/mol. The summed E-state index contributed by atoms with van der Waals surface area (Å²) in [4.78, 5) is 26.5. The van der Waals surface area contributed by atoms with Crippen molar-refractivity contribution in [3.63, 3.8) is 0 Å². The summed E-state index contributed by atoms with van der Waals surface area (Å²) in [5.74, 6) is 0.817. The van der Waals surface area contributed by atoms with Gasteiger partial charge < -0.3 is 14.4 Å². The van der Waals surface area contributed by atoms with E-state index in [1.807, 2.05) is 43.5 Å². The maximum Gasteiger partial charge on any atom is 0.269 e. The number of hydrogen-bond donors (Lipinski definition) is 0. The Morgan fingerprint density at radius 3 is 2.46 bits per heavy atom. The maximum atomic E-state index is 13.6. The Kier molecular flexibility index (Phi) is 8.10. The smallest absolute Gasteiger partial charge is 0.269 e. The first-order chi connectivity index (χ1) is 17.6. The van der Waals surface area contributed by atoms with Gasteiger partial charge in [0.2, 0.25) is 22.7 Å². The number of amides is 1. The van der Waals surface area contributed by atoms with Crippen molar-refractivity contribution >= 4 is 33.0 Å². The zero-order valence-corrected chi connectivity index (χ0v) is 22.0. The predicted octanol–water partition coefficient (Wildman–Crippen LogP) is 4.26. The number of non-ortho nitro benzene ring substituents is 1. The van der Waals surface area contributed by atoms with Crippen LogP contribution in [-0.2, 0) is 27.9 Å². The number of sulfonamides is 1. The molecule has 37 heavy (non-hydrogen) atoms. The average Bonchev–Trinajstić information content (AvgIpc) is 3.54. The standard InChI is InChI=1S/C25H27N3O7S2/c1-18(2)13-27(37(32,33)22-8-6-20(7-9-22)28(30)31)16-25(29)26(15-21-4-3-11-36-21)14-19-5-10-23-24(12-19)35-17-34-23/h3-12,18H,13-17H2,1-2H3. The monoisotopic (exact) mass is 545 g/mol. The number of nitro groups is 1. The van der Waals surface area contributed by atoms with E-state index in [1.165, 1.54) is 23.5 Å². The lowest BCUT2D eigenvalue weighted by Gasteiger charge is -2.28. The number of nitro benzene ring substituents is 1. The first-order valence-corrected chi connectivity index (χ1v) is 13.9. The number of ether oxygens (including phenoxy) is 2. The van der Waals surface area contributed by atoms with E-state index in [4.69, 9.17) is 9.47 Å². The minimum Gasteiger partial charge on any atom is -0.454 e. The molecule has 0 atom stereocenters. The molecule has 1 aromatic heterocycles. The molecule has 2 aromatic carbocycles. The highest BCUT2D eigenvalue weighted by molar-refractivity contribution is 7.89. The van der Waals surface area contributed by atoms with Gasteiger partial charge in [-0.2, -0.15) is 4.31 Å². The van der Waals surface area contributed by atoms with E-state index in [0.717, 1.165) is 26.9 Å². The number of carbonyl (C=O) groups excluding carboxylic acids is 1. The van der Waals surface area contributed by atoms with Gasteiger partial charge in [-0.3, -0.25) is 14.9 Å². The zero-order valence-electron chi connectivity index (χ0n) is 20.4. The van der Waals surface area contributed by atoms with Crippen LogP contribution in [0.5, 0.6) is 11.5 Å². The Hall–Kier alpha value is -3.48. The molecule has 0 saturated carbocycles. The van der Waals surface area contributed by atoms with Gasteiger partial charge in [0.25, 0.3) is 5.69 Å². The molecule has 0 bridgehead atoms. The highest BCUT2D eigenvalue weighted by Crippen LogP contribution is 2.33. The van der Waals surface area contributed by atoms with Crippen molar-refractivity contribution < 1.29 is 27.6 Å². The largest absolute Gasteiger partial charge is 0.454 e. The van der Waals surface area contributed by atoms with E-state index in [1.54, 1.807) is 11.0 Å². The highest BCUT2D eigenvalue weighted by atomic mass is 32.2. The molecule has 4 rings (SSSR count). The molecule has 0 aliphatic carbocycles. The van der Waals surface area contributed by atoms with Crippen LogP contribution >= 0.6 is 11.3 Å². The molecule has 12 heteroatoms. The summed E-state index contributed by atoms with van der Waals surface area (Å²) in [5, 5.41) is 12.9. The first-order valence-electron chi connectivity index (χ1n) is 11.6. The van der Waals surface area contributed by atoms with Crippen molar-refractivity contribution in [3.05, 3.63) is 80.5 Å². The van der Waals surface area contributed by atoms with E-state index in [2.05, 4.69) is 0 Å². The molecule has 0 saturated heterocycles. The number of hydrogen-bond acceptors (Lipinski definition) is 8. The summed E-state index contributed by atoms with van der Waals surface area (Å²) >= 11 is 1.51. The highest BCUT2D eigenvalue weighted by Gasteiger charge is 2.30. The van der Waals surface area contributed by atoms with Gasteiger partial charge in [-0.05, 0) is 47.2 Å². The van der Waals surface area contributed by atoms with Crippen LogP contribution in [0.4, 0.5) is 5.69 Å². The molecule has 3 aromatic rings. The molecule has 0 radical (unpaired) electrons. The van der Waals surface area contributed by atoms with Crippen molar-refractivity contribution in [1.82, 2.24) is 9.21 Å². The zero-order chi connectivity index (χ0) is 26.6. The van der Waals surface area contributed by atoms with Crippen molar-refractivity contribution in [1.29, 1.82) is 0 Å². The van der Waals surface area contributed by atoms with Gasteiger partial charge >= 0.3 is 0 Å². The Morgan fingerprint density at radius 1 is 1.08 bits per heavy atom. The fourth-order valence-corrected chi connectivity index (χ4v) is 6.15. The fourth-order valence-electron chi connectivity index (χ4n) is 3.88. The molecule has 1 aliphatic rings. The second kappa shape index (κ2) is 11.3. The summed E-state index contributed by atoms with van der Waals surface area (Å²) in [6.45, 7) is 4.17. The van der Waals surface area contributed by atoms with E-state index in [0.29, 0.717) is 18.0 Å². The van der Waals surface area contributed by atoms with Crippen LogP contribution in [0.25, 0.3) is 0 Å². The lowest BCUT2D eigenvalue weighted by molar-refractivity contribution is -0.384. The lowest BCUT2D eigenvalue weighted by Crippen LogP contribution is -2.43. The summed E-state index contributed by atoms with van der Waals surface area (Å²) in [7, 11) is -4.08. The van der Waals surface area contributed by atoms with E-state index in [-0.39, 0.29) is 48.8 Å². The van der Waals surface area contributed by atoms with Crippen LogP contribution in [0.3, 0.4) is 0 Å². The number of fused-ring (bicyclic) bond motifs is 1. The summed E-state index contributed by atoms with van der Waals surface area (Å²) in [5.41, 5.74) is 0.610. The molecular weight excluding hydrogens is 518 g/mol. The second-order valence-electron chi connectivity index (χ2n) is 8.96. The molecule has 1 aliphatic heterocycles. The topological polar surface area (TPSA) is 119 Å². The summed E-state index contributed by atoms with van der Waals surface area (Å²) < 4.78 is 38.9. The van der Waals surface area contributed by atoms with Crippen LogP contribution < -0.4 is 9.47 Å². The van der Waals surface area contributed by atoms with Crippen molar-refractivity contribution in [2.75, 3.05) is 19.9 Å². The third kappa shape index (κ3) is 6.45. The van der Waals surface area contributed by atoms with Gasteiger partial charge in [0.1, 0.15) is 0 Å². The Morgan fingerprint density at radius 2 is 1.81 bits per heavy atom. The molecule has 0 unspecified atom stereocenters. The van der Waals surface area contributed by atoms with Gasteiger partial charge in [-0.15, -0.1) is 11.3 Å². The van der Waals surface area contributed by atoms with Crippen molar-refractivity contribution in [2.24, 2.45) is 5.92 Å². The molecule has 196 valence electrons. The van der Waals surface area contributed by atoms with Crippen molar-refractivity contribution in [2.45, 2.75) is 31.8 Å². The summed E-state index contributed by atoms with van der Waals surface area (Å²) in [6, 6.07) is 13.9. The van der Waals surface area contributed by atoms with Gasteiger partial charge in [0.05, 0.1) is 22.9 Å². The van der Waals surface area contributed by atoms with Gasteiger partial charge in [0.15, 0.2) is 11.5 Å². The predicted molar refractivity (Wildman–Crippen MR) is 138 cm³/mol. The minimum absolute atomic E-state index is 0.0553. The number of carbonyl (C=O) groups is 1. The molecule has 10 nitrogen and oxygen atoms in total. The number of benzene rings is 2. The second-order valence-corrected chi connectivity index (χ2v) is 11.9. The molecule has 1 amide bonds. The Bertz CT molecular complexity index is 1360. The van der Waals surface area contributed by atoms with Crippen LogP contribution in [0, 0.1) is 16.0 Å². The van der Waals surface area contributed by atoms with Gasteiger partial charge in [-0.25, -0.2) is 8.42 Å².